The van der Waals surface area contributed by atoms with E-state index in [1.54, 1.807) is 0 Å². The molecule has 11 heteroatoms. The van der Waals surface area contributed by atoms with Crippen molar-refractivity contribution >= 4 is 22.9 Å². The van der Waals surface area contributed by atoms with Crippen molar-refractivity contribution in [2.75, 3.05) is 30.0 Å². The highest BCUT2D eigenvalue weighted by Gasteiger charge is 2.31. The van der Waals surface area contributed by atoms with E-state index in [0.29, 0.717) is 30.7 Å². The van der Waals surface area contributed by atoms with Crippen molar-refractivity contribution < 1.29 is 9.15 Å². The Morgan fingerprint density at radius 1 is 1.11 bits per heavy atom. The standard InChI is InChI=1S/C26H38N8O3/c1-15-7-9-18(10-8-15)13-34-20-21(27-17(3)19-5-4-6-19)28-23(24-31-32-26(35)37-24)29-22(20)30-25(34)33-11-12-36-14-16(33)2/h15-19H,4-14H2,1-3H3,(H,32,35)(H,27,28,29)/t15?,16-,17-,18?/m1/s1. The van der Waals surface area contributed by atoms with E-state index in [4.69, 9.17) is 24.1 Å². The maximum absolute atomic E-state index is 11.7. The molecule has 200 valence electrons. The van der Waals surface area contributed by atoms with Gasteiger partial charge in [-0.3, -0.25) is 0 Å². The Balaban J connectivity index is 1.48. The molecule has 3 aromatic heterocycles. The molecule has 2 aliphatic carbocycles. The van der Waals surface area contributed by atoms with Crippen LogP contribution in [0.15, 0.2) is 9.21 Å². The minimum atomic E-state index is -0.629. The number of fused-ring (bicyclic) bond motifs is 1. The molecule has 0 radical (unpaired) electrons. The Labute approximate surface area is 216 Å². The first-order valence-electron chi connectivity index (χ1n) is 13.9. The second kappa shape index (κ2) is 10.1. The lowest BCUT2D eigenvalue weighted by atomic mass is 9.80. The van der Waals surface area contributed by atoms with Gasteiger partial charge in [0.25, 0.3) is 5.89 Å². The van der Waals surface area contributed by atoms with Crippen LogP contribution in [0.4, 0.5) is 11.8 Å². The van der Waals surface area contributed by atoms with Crippen molar-refractivity contribution in [2.24, 2.45) is 17.8 Å². The van der Waals surface area contributed by atoms with Gasteiger partial charge in [0.15, 0.2) is 11.5 Å². The molecule has 1 saturated heterocycles. The molecule has 2 saturated carbocycles. The molecule has 11 nitrogen and oxygen atoms in total. The van der Waals surface area contributed by atoms with Gasteiger partial charge >= 0.3 is 5.76 Å². The highest BCUT2D eigenvalue weighted by molar-refractivity contribution is 5.87. The van der Waals surface area contributed by atoms with Gasteiger partial charge in [-0.1, -0.05) is 26.2 Å². The summed E-state index contributed by atoms with van der Waals surface area (Å²) in [6, 6.07) is 0.466. The summed E-state index contributed by atoms with van der Waals surface area (Å²) in [5, 5.41) is 10.0. The molecule has 37 heavy (non-hydrogen) atoms. The number of ether oxygens (including phenoxy) is 1. The van der Waals surface area contributed by atoms with Crippen LogP contribution < -0.4 is 16.0 Å². The summed E-state index contributed by atoms with van der Waals surface area (Å²) in [6.45, 7) is 9.77. The van der Waals surface area contributed by atoms with Crippen LogP contribution in [0.3, 0.4) is 0 Å². The first-order chi connectivity index (χ1) is 18.0. The predicted octanol–water partition coefficient (Wildman–Crippen LogP) is 3.82. The minimum Gasteiger partial charge on any atom is -0.384 e. The molecule has 0 aromatic carbocycles. The van der Waals surface area contributed by atoms with E-state index in [9.17, 15) is 4.79 Å². The smallest absolute Gasteiger partial charge is 0.384 e. The van der Waals surface area contributed by atoms with E-state index in [2.05, 4.69) is 45.8 Å². The van der Waals surface area contributed by atoms with Gasteiger partial charge in [-0.15, -0.1) is 5.10 Å². The number of aromatic amines is 1. The Hall–Kier alpha value is -2.95. The number of nitrogens with zero attached hydrogens (tertiary/aromatic N) is 6. The summed E-state index contributed by atoms with van der Waals surface area (Å²) in [7, 11) is 0. The van der Waals surface area contributed by atoms with Crippen LogP contribution in [0.5, 0.6) is 0 Å². The summed E-state index contributed by atoms with van der Waals surface area (Å²) >= 11 is 0. The molecule has 0 spiro atoms. The molecule has 2 N–H and O–H groups in total. The van der Waals surface area contributed by atoms with Crippen LogP contribution in [0.25, 0.3) is 22.9 Å². The fourth-order valence-electron chi connectivity index (χ4n) is 6.01. The van der Waals surface area contributed by atoms with Gasteiger partial charge in [-0.05, 0) is 57.3 Å². The second-order valence-electron chi connectivity index (χ2n) is 11.4. The Morgan fingerprint density at radius 3 is 2.59 bits per heavy atom. The molecular formula is C26H38N8O3. The first kappa shape index (κ1) is 24.4. The molecule has 1 aliphatic heterocycles. The molecule has 2 atom stereocenters. The SMILES string of the molecule is CC1CCC(Cn2c(N3CCOC[C@H]3C)nc3nc(-c4n[nH]c(=O)o4)nc(N[C@H](C)C4CCC4)c32)CC1. The van der Waals surface area contributed by atoms with Crippen molar-refractivity contribution in [1.82, 2.24) is 29.7 Å². The van der Waals surface area contributed by atoms with Gasteiger partial charge in [0.05, 0.1) is 19.3 Å². The highest BCUT2D eigenvalue weighted by atomic mass is 16.5. The molecule has 6 rings (SSSR count). The first-order valence-corrected chi connectivity index (χ1v) is 13.9. The lowest BCUT2D eigenvalue weighted by Gasteiger charge is -2.35. The predicted molar refractivity (Wildman–Crippen MR) is 141 cm³/mol. The topological polar surface area (TPSA) is 127 Å². The Bertz CT molecular complexity index is 1290. The number of hydrogen-bond acceptors (Lipinski definition) is 9. The molecule has 0 unspecified atom stereocenters. The van der Waals surface area contributed by atoms with Crippen molar-refractivity contribution in [3.8, 4) is 11.7 Å². The van der Waals surface area contributed by atoms with Gasteiger partial charge < -0.3 is 23.9 Å². The van der Waals surface area contributed by atoms with Crippen LogP contribution >= 0.6 is 0 Å². The van der Waals surface area contributed by atoms with Crippen LogP contribution in [0.1, 0.15) is 65.7 Å². The lowest BCUT2D eigenvalue weighted by molar-refractivity contribution is 0.0976. The zero-order chi connectivity index (χ0) is 25.5. The lowest BCUT2D eigenvalue weighted by Crippen LogP contribution is -2.45. The molecule has 3 aliphatic rings. The van der Waals surface area contributed by atoms with Gasteiger partial charge in [0.2, 0.25) is 11.8 Å². The van der Waals surface area contributed by atoms with Crippen molar-refractivity contribution in [1.29, 1.82) is 0 Å². The summed E-state index contributed by atoms with van der Waals surface area (Å²) in [4.78, 5) is 28.7. The van der Waals surface area contributed by atoms with Crippen LogP contribution in [0, 0.1) is 17.8 Å². The third-order valence-corrected chi connectivity index (χ3v) is 8.63. The third-order valence-electron chi connectivity index (χ3n) is 8.63. The van der Waals surface area contributed by atoms with Gasteiger partial charge in [0.1, 0.15) is 5.52 Å². The van der Waals surface area contributed by atoms with Gasteiger partial charge in [0, 0.05) is 19.1 Å². The average molecular weight is 511 g/mol. The number of imidazole rings is 1. The largest absolute Gasteiger partial charge is 0.434 e. The fraction of sp³-hybridized carbons (Fsp3) is 0.731. The van der Waals surface area contributed by atoms with Crippen LogP contribution in [-0.2, 0) is 11.3 Å². The second-order valence-corrected chi connectivity index (χ2v) is 11.4. The zero-order valence-electron chi connectivity index (χ0n) is 22.1. The maximum Gasteiger partial charge on any atom is 0.434 e. The van der Waals surface area contributed by atoms with Crippen LogP contribution in [-0.4, -0.2) is 61.6 Å². The summed E-state index contributed by atoms with van der Waals surface area (Å²) in [5.74, 6) is 3.35. The van der Waals surface area contributed by atoms with E-state index in [0.717, 1.165) is 36.3 Å². The number of morpholine rings is 1. The number of rotatable bonds is 7. The quantitative estimate of drug-likeness (QED) is 0.487. The minimum absolute atomic E-state index is 0.0726. The van der Waals surface area contributed by atoms with Crippen molar-refractivity contribution in [2.45, 2.75) is 84.3 Å². The molecule has 0 bridgehead atoms. The van der Waals surface area contributed by atoms with E-state index >= 15 is 0 Å². The summed E-state index contributed by atoms with van der Waals surface area (Å²) in [6.07, 6.45) is 8.69. The maximum atomic E-state index is 11.7. The average Bonchev–Trinajstić information content (AvgIpc) is 3.43. The van der Waals surface area contributed by atoms with E-state index in [1.165, 1.54) is 44.9 Å². The molecule has 0 amide bonds. The molecule has 3 aromatic rings. The molecular weight excluding hydrogens is 472 g/mol. The highest BCUT2D eigenvalue weighted by Crippen LogP contribution is 2.37. The van der Waals surface area contributed by atoms with Crippen LogP contribution in [0.2, 0.25) is 0 Å². The van der Waals surface area contributed by atoms with E-state index in [-0.39, 0.29) is 23.8 Å². The summed E-state index contributed by atoms with van der Waals surface area (Å²) < 4.78 is 13.3. The molecule has 3 fully saturated rings. The Kier molecular flexibility index (Phi) is 6.64. The number of hydrogen-bond donors (Lipinski definition) is 2. The number of anilines is 2. The normalized spacial score (nSPS) is 25.8. The van der Waals surface area contributed by atoms with Crippen molar-refractivity contribution in [3.05, 3.63) is 10.6 Å². The number of aromatic nitrogens is 6. The zero-order valence-corrected chi connectivity index (χ0v) is 22.1. The monoisotopic (exact) mass is 510 g/mol. The number of nitrogens with one attached hydrogen (secondary N) is 2. The van der Waals surface area contributed by atoms with E-state index < -0.39 is 5.76 Å². The van der Waals surface area contributed by atoms with E-state index in [1.807, 2.05) is 0 Å². The van der Waals surface area contributed by atoms with Gasteiger partial charge in [-0.25, -0.2) is 19.9 Å². The Morgan fingerprint density at radius 2 is 1.92 bits per heavy atom. The molecule has 4 heterocycles. The van der Waals surface area contributed by atoms with Gasteiger partial charge in [-0.2, -0.15) is 4.98 Å². The third kappa shape index (κ3) is 4.85. The fourth-order valence-corrected chi connectivity index (χ4v) is 6.01. The van der Waals surface area contributed by atoms with Crippen molar-refractivity contribution in [3.63, 3.8) is 0 Å². The summed E-state index contributed by atoms with van der Waals surface area (Å²) in [5.41, 5.74) is 1.51. The number of H-pyrrole nitrogens is 1.